The highest BCUT2D eigenvalue weighted by Gasteiger charge is 2.42. The first-order valence-electron chi connectivity index (χ1n) is 4.38. The van der Waals surface area contributed by atoms with E-state index in [-0.39, 0.29) is 18.1 Å². The fraction of sp³-hybridized carbons (Fsp3) is 0.875. The third kappa shape index (κ3) is 1.82. The number of aliphatic carboxylic acids is 1. The molecule has 0 aromatic carbocycles. The van der Waals surface area contributed by atoms with Crippen molar-refractivity contribution in [1.29, 1.82) is 0 Å². The molecule has 1 unspecified atom stereocenters. The zero-order valence-corrected chi connectivity index (χ0v) is 7.28. The number of hydrogen-bond donors (Lipinski definition) is 2. The summed E-state index contributed by atoms with van der Waals surface area (Å²) in [4.78, 5) is 10.4. The normalized spacial score (nSPS) is 31.2. The van der Waals surface area contributed by atoms with Crippen LogP contribution in [0.3, 0.4) is 0 Å². The van der Waals surface area contributed by atoms with E-state index in [1.165, 1.54) is 0 Å². The summed E-state index contributed by atoms with van der Waals surface area (Å²) in [6.45, 7) is 2.53. The molecule has 2 heterocycles. The number of carboxylic acids is 1. The van der Waals surface area contributed by atoms with E-state index in [0.29, 0.717) is 13.2 Å². The van der Waals surface area contributed by atoms with E-state index in [4.69, 9.17) is 14.6 Å². The summed E-state index contributed by atoms with van der Waals surface area (Å²) >= 11 is 0. The highest BCUT2D eigenvalue weighted by molar-refractivity contribution is 5.67. The minimum absolute atomic E-state index is 0.0313. The Hall–Kier alpha value is -0.650. The van der Waals surface area contributed by atoms with E-state index < -0.39 is 5.97 Å². The number of ether oxygens (including phenoxy) is 2. The van der Waals surface area contributed by atoms with Gasteiger partial charge in [0, 0.05) is 13.1 Å². The first-order chi connectivity index (χ1) is 6.20. The fourth-order valence-corrected chi connectivity index (χ4v) is 1.55. The average Bonchev–Trinajstić information content (AvgIpc) is 2.02. The minimum Gasteiger partial charge on any atom is -0.481 e. The Labute approximate surface area is 76.0 Å². The van der Waals surface area contributed by atoms with Crippen LogP contribution in [0.15, 0.2) is 0 Å². The molecule has 74 valence electrons. The molecule has 2 aliphatic heterocycles. The first-order valence-corrected chi connectivity index (χ1v) is 4.38. The standard InChI is InChI=1S/C8H13NO4/c10-7(11)1-6-2-13-8(5-12-6)3-9-4-8/h6,9H,1-5H2,(H,10,11). The van der Waals surface area contributed by atoms with Gasteiger partial charge in [0.05, 0.1) is 25.7 Å². The summed E-state index contributed by atoms with van der Waals surface area (Å²) in [5.41, 5.74) is -0.158. The van der Waals surface area contributed by atoms with Gasteiger partial charge >= 0.3 is 5.97 Å². The van der Waals surface area contributed by atoms with Gasteiger partial charge in [0.1, 0.15) is 5.60 Å². The molecule has 2 saturated heterocycles. The molecule has 2 aliphatic rings. The lowest BCUT2D eigenvalue weighted by atomic mass is 9.97. The fourth-order valence-electron chi connectivity index (χ4n) is 1.55. The predicted molar refractivity (Wildman–Crippen MR) is 43.5 cm³/mol. The topological polar surface area (TPSA) is 67.8 Å². The maximum absolute atomic E-state index is 10.4. The molecule has 0 aliphatic carbocycles. The lowest BCUT2D eigenvalue weighted by Gasteiger charge is -2.46. The number of hydrogen-bond acceptors (Lipinski definition) is 4. The Morgan fingerprint density at radius 1 is 1.62 bits per heavy atom. The second kappa shape index (κ2) is 3.25. The van der Waals surface area contributed by atoms with E-state index in [9.17, 15) is 4.79 Å². The van der Waals surface area contributed by atoms with Gasteiger partial charge in [-0.3, -0.25) is 4.79 Å². The second-order valence-corrected chi connectivity index (χ2v) is 3.63. The van der Waals surface area contributed by atoms with Crippen LogP contribution in [0.2, 0.25) is 0 Å². The van der Waals surface area contributed by atoms with Gasteiger partial charge in [-0.25, -0.2) is 0 Å². The smallest absolute Gasteiger partial charge is 0.306 e. The van der Waals surface area contributed by atoms with Crippen LogP contribution in [0.4, 0.5) is 0 Å². The van der Waals surface area contributed by atoms with Crippen molar-refractivity contribution in [3.8, 4) is 0 Å². The molecule has 0 radical (unpaired) electrons. The summed E-state index contributed by atoms with van der Waals surface area (Å²) in [5.74, 6) is -0.837. The molecule has 2 N–H and O–H groups in total. The molecule has 2 fully saturated rings. The molecule has 13 heavy (non-hydrogen) atoms. The van der Waals surface area contributed by atoms with E-state index >= 15 is 0 Å². The van der Waals surface area contributed by atoms with Crippen LogP contribution in [0.25, 0.3) is 0 Å². The molecule has 1 atom stereocenters. The largest absolute Gasteiger partial charge is 0.481 e. The Kier molecular flexibility index (Phi) is 2.23. The van der Waals surface area contributed by atoms with E-state index in [1.807, 2.05) is 0 Å². The molecule has 0 aromatic rings. The second-order valence-electron chi connectivity index (χ2n) is 3.63. The number of rotatable bonds is 2. The van der Waals surface area contributed by atoms with Gasteiger partial charge in [-0.05, 0) is 0 Å². The molecule has 5 heteroatoms. The maximum atomic E-state index is 10.4. The van der Waals surface area contributed by atoms with Crippen molar-refractivity contribution in [3.05, 3.63) is 0 Å². The molecular formula is C8H13NO4. The number of carbonyl (C=O) groups is 1. The molecule has 0 saturated carbocycles. The SMILES string of the molecule is O=C(O)CC1COC2(CNC2)CO1. The first kappa shape index (κ1) is 8.93. The zero-order chi connectivity index (χ0) is 9.31. The number of nitrogens with one attached hydrogen (secondary N) is 1. The minimum atomic E-state index is -0.837. The monoisotopic (exact) mass is 187 g/mol. The Morgan fingerprint density at radius 3 is 2.77 bits per heavy atom. The Bertz CT molecular complexity index is 204. The van der Waals surface area contributed by atoms with Gasteiger partial charge in [0.2, 0.25) is 0 Å². The Morgan fingerprint density at radius 2 is 2.38 bits per heavy atom. The van der Waals surface area contributed by atoms with E-state index in [0.717, 1.165) is 13.1 Å². The van der Waals surface area contributed by atoms with Gasteiger partial charge < -0.3 is 19.9 Å². The summed E-state index contributed by atoms with van der Waals surface area (Å²) in [6.07, 6.45) is -0.243. The summed E-state index contributed by atoms with van der Waals surface area (Å²) in [5, 5.41) is 11.6. The maximum Gasteiger partial charge on any atom is 0.306 e. The molecule has 0 bridgehead atoms. The lowest BCUT2D eigenvalue weighted by molar-refractivity contribution is -0.210. The van der Waals surface area contributed by atoms with E-state index in [1.54, 1.807) is 0 Å². The van der Waals surface area contributed by atoms with Crippen molar-refractivity contribution >= 4 is 5.97 Å². The average molecular weight is 187 g/mol. The van der Waals surface area contributed by atoms with Crippen molar-refractivity contribution in [3.63, 3.8) is 0 Å². The summed E-state index contributed by atoms with van der Waals surface area (Å²) in [6, 6.07) is 0. The van der Waals surface area contributed by atoms with Crippen LogP contribution in [0.1, 0.15) is 6.42 Å². The third-order valence-corrected chi connectivity index (χ3v) is 2.45. The summed E-state index contributed by atoms with van der Waals surface area (Å²) < 4.78 is 11.0. The number of carboxylic acid groups (broad SMARTS) is 1. The van der Waals surface area contributed by atoms with Crippen molar-refractivity contribution in [2.75, 3.05) is 26.3 Å². The quantitative estimate of drug-likeness (QED) is 0.593. The van der Waals surface area contributed by atoms with Crippen LogP contribution in [0.5, 0.6) is 0 Å². The molecule has 1 spiro atoms. The molecule has 0 aromatic heterocycles. The van der Waals surface area contributed by atoms with E-state index in [2.05, 4.69) is 5.32 Å². The highest BCUT2D eigenvalue weighted by atomic mass is 16.6. The van der Waals surface area contributed by atoms with Gasteiger partial charge in [0.25, 0.3) is 0 Å². The van der Waals surface area contributed by atoms with Crippen LogP contribution < -0.4 is 5.32 Å². The third-order valence-electron chi connectivity index (χ3n) is 2.45. The van der Waals surface area contributed by atoms with Crippen LogP contribution >= 0.6 is 0 Å². The molecular weight excluding hydrogens is 174 g/mol. The van der Waals surface area contributed by atoms with Gasteiger partial charge in [-0.1, -0.05) is 0 Å². The van der Waals surface area contributed by atoms with Crippen LogP contribution in [-0.4, -0.2) is 49.1 Å². The van der Waals surface area contributed by atoms with Gasteiger partial charge in [-0.15, -0.1) is 0 Å². The van der Waals surface area contributed by atoms with Crippen molar-refractivity contribution in [2.24, 2.45) is 0 Å². The molecule has 0 amide bonds. The van der Waals surface area contributed by atoms with Gasteiger partial charge in [-0.2, -0.15) is 0 Å². The summed E-state index contributed by atoms with van der Waals surface area (Å²) in [7, 11) is 0. The lowest BCUT2D eigenvalue weighted by Crippen LogP contribution is -2.66. The Balaban J connectivity index is 1.79. The van der Waals surface area contributed by atoms with Gasteiger partial charge in [0.15, 0.2) is 0 Å². The highest BCUT2D eigenvalue weighted by Crippen LogP contribution is 2.23. The van der Waals surface area contributed by atoms with Crippen LogP contribution in [0, 0.1) is 0 Å². The molecule has 2 rings (SSSR count). The van der Waals surface area contributed by atoms with Crippen molar-refractivity contribution < 1.29 is 19.4 Å². The van der Waals surface area contributed by atoms with Crippen LogP contribution in [-0.2, 0) is 14.3 Å². The molecule has 5 nitrogen and oxygen atoms in total. The zero-order valence-electron chi connectivity index (χ0n) is 7.28. The van der Waals surface area contributed by atoms with Crippen molar-refractivity contribution in [2.45, 2.75) is 18.1 Å². The predicted octanol–water partition coefficient (Wildman–Crippen LogP) is -0.781. The van der Waals surface area contributed by atoms with Crippen molar-refractivity contribution in [1.82, 2.24) is 5.32 Å².